The number of carbonyl (C=O) groups is 1. The second-order valence-corrected chi connectivity index (χ2v) is 5.93. The molecule has 0 fully saturated rings. The minimum absolute atomic E-state index is 0.194. The van der Waals surface area contributed by atoms with E-state index in [0.29, 0.717) is 12.2 Å². The number of fused-ring (bicyclic) bond motifs is 1. The molecule has 1 N–H and O–H groups in total. The van der Waals surface area contributed by atoms with Crippen LogP contribution in [0, 0.1) is 23.0 Å². The van der Waals surface area contributed by atoms with Crippen LogP contribution in [0.15, 0.2) is 58.3 Å². The number of hydrogen-bond donors (Lipinski definition) is 1. The van der Waals surface area contributed by atoms with E-state index in [9.17, 15) is 13.6 Å². The summed E-state index contributed by atoms with van der Waals surface area (Å²) in [7, 11) is 0. The number of nitrogens with one attached hydrogen (secondary N) is 1. The highest BCUT2D eigenvalue weighted by molar-refractivity contribution is 6.15. The number of carbonyl (C=O) groups excluding carboxylic acids is 1. The smallest absolute Gasteiger partial charge is 0.261 e. The highest BCUT2D eigenvalue weighted by Crippen LogP contribution is 2.27. The van der Waals surface area contributed by atoms with Crippen molar-refractivity contribution in [3.63, 3.8) is 0 Å². The van der Waals surface area contributed by atoms with Crippen LogP contribution in [-0.4, -0.2) is 11.6 Å². The van der Waals surface area contributed by atoms with Crippen LogP contribution in [0.2, 0.25) is 0 Å². The van der Waals surface area contributed by atoms with Gasteiger partial charge in [-0.05, 0) is 35.9 Å². The Labute approximate surface area is 152 Å². The highest BCUT2D eigenvalue weighted by atomic mass is 19.1. The highest BCUT2D eigenvalue weighted by Gasteiger charge is 2.22. The summed E-state index contributed by atoms with van der Waals surface area (Å²) < 4.78 is 33.2. The zero-order valence-corrected chi connectivity index (χ0v) is 13.8. The topological polar surface area (TPSA) is 78.4 Å². The average Bonchev–Trinajstić information content (AvgIpc) is 3.29. The van der Waals surface area contributed by atoms with Gasteiger partial charge in [0.1, 0.15) is 17.2 Å². The number of benzene rings is 2. The number of halogens is 2. The molecule has 0 saturated carbocycles. The maximum absolute atomic E-state index is 14.0. The van der Waals surface area contributed by atoms with Gasteiger partial charge in [0.15, 0.2) is 0 Å². The molecule has 0 saturated heterocycles. The summed E-state index contributed by atoms with van der Waals surface area (Å²) >= 11 is 0. The van der Waals surface area contributed by atoms with Gasteiger partial charge in [-0.15, -0.1) is 0 Å². The summed E-state index contributed by atoms with van der Waals surface area (Å²) in [5.41, 5.74) is 2.76. The second kappa shape index (κ2) is 6.50. The predicted molar refractivity (Wildman–Crippen MR) is 93.5 cm³/mol. The summed E-state index contributed by atoms with van der Waals surface area (Å²) in [6.07, 6.45) is 3.11. The van der Waals surface area contributed by atoms with Crippen LogP contribution in [0.25, 0.3) is 0 Å². The Morgan fingerprint density at radius 3 is 2.63 bits per heavy atom. The number of rotatable bonds is 3. The number of nitriles is 1. The summed E-state index contributed by atoms with van der Waals surface area (Å²) in [6.45, 7) is 0.503. The molecule has 4 rings (SSSR count). The number of aliphatic imine (C=N–C) groups is 1. The molecule has 0 unspecified atom stereocenters. The summed E-state index contributed by atoms with van der Waals surface area (Å²) in [4.78, 5) is 16.8. The molecule has 0 bridgehead atoms. The van der Waals surface area contributed by atoms with Gasteiger partial charge in [0.25, 0.3) is 5.91 Å². The van der Waals surface area contributed by atoms with Gasteiger partial charge in [-0.3, -0.25) is 9.79 Å². The van der Waals surface area contributed by atoms with Crippen LogP contribution >= 0.6 is 0 Å². The molecule has 7 heteroatoms. The molecule has 3 aromatic rings. The van der Waals surface area contributed by atoms with Crippen molar-refractivity contribution >= 4 is 17.3 Å². The van der Waals surface area contributed by atoms with Crippen LogP contribution in [-0.2, 0) is 6.54 Å². The van der Waals surface area contributed by atoms with Crippen molar-refractivity contribution in [3.05, 3.63) is 88.4 Å². The molecule has 1 amide bonds. The summed E-state index contributed by atoms with van der Waals surface area (Å²) in [5, 5.41) is 11.2. The normalized spacial score (nSPS) is 12.3. The van der Waals surface area contributed by atoms with Gasteiger partial charge in [-0.25, -0.2) is 8.78 Å². The van der Waals surface area contributed by atoms with E-state index in [-0.39, 0.29) is 5.56 Å². The fourth-order valence-corrected chi connectivity index (χ4v) is 2.96. The Bertz CT molecular complexity index is 1110. The first-order valence-electron chi connectivity index (χ1n) is 7.97. The van der Waals surface area contributed by atoms with Gasteiger partial charge >= 0.3 is 0 Å². The van der Waals surface area contributed by atoms with Gasteiger partial charge in [0, 0.05) is 16.8 Å². The molecular weight excluding hydrogens is 352 g/mol. The number of nitrogens with zero attached hydrogens (tertiary/aromatic N) is 2. The first-order valence-corrected chi connectivity index (χ1v) is 7.97. The molecule has 1 aliphatic heterocycles. The predicted octanol–water partition coefficient (Wildman–Crippen LogP) is 4.03. The van der Waals surface area contributed by atoms with Gasteiger partial charge in [0.05, 0.1) is 36.4 Å². The molecule has 2 aromatic carbocycles. The third-order valence-electron chi connectivity index (χ3n) is 4.22. The van der Waals surface area contributed by atoms with E-state index in [4.69, 9.17) is 9.68 Å². The Kier molecular flexibility index (Phi) is 4.01. The van der Waals surface area contributed by atoms with Crippen molar-refractivity contribution < 1.29 is 18.0 Å². The van der Waals surface area contributed by atoms with Gasteiger partial charge in [-0.1, -0.05) is 6.07 Å². The zero-order valence-electron chi connectivity index (χ0n) is 13.8. The zero-order chi connectivity index (χ0) is 19.0. The molecule has 132 valence electrons. The van der Waals surface area contributed by atoms with E-state index >= 15 is 0 Å². The minimum atomic E-state index is -1.09. The average molecular weight is 363 g/mol. The third-order valence-corrected chi connectivity index (χ3v) is 4.22. The van der Waals surface area contributed by atoms with E-state index in [1.54, 1.807) is 36.6 Å². The van der Waals surface area contributed by atoms with Crippen molar-refractivity contribution in [2.24, 2.45) is 4.99 Å². The molecule has 0 radical (unpaired) electrons. The maximum Gasteiger partial charge on any atom is 0.261 e. The van der Waals surface area contributed by atoms with Gasteiger partial charge < -0.3 is 9.73 Å². The molecule has 1 aliphatic rings. The molecule has 0 spiro atoms. The lowest BCUT2D eigenvalue weighted by molar-refractivity contribution is 0.101. The molecule has 27 heavy (non-hydrogen) atoms. The Hall–Kier alpha value is -3.79. The van der Waals surface area contributed by atoms with Crippen molar-refractivity contribution in [1.82, 2.24) is 0 Å². The molecule has 0 atom stereocenters. The monoisotopic (exact) mass is 363 g/mol. The minimum Gasteiger partial charge on any atom is -0.472 e. The SMILES string of the molecule is N#Cc1cc(F)c(C(=O)Nc2ccc3c(c2)C(c2ccoc2)=NC3)c(F)c1. The van der Waals surface area contributed by atoms with E-state index in [1.807, 2.05) is 0 Å². The van der Waals surface area contributed by atoms with E-state index in [1.165, 1.54) is 6.26 Å². The standard InChI is InChI=1S/C20H11F2N3O2/c21-16-5-11(8-23)6-17(22)18(16)20(26)25-14-2-1-12-9-24-19(15(12)7-14)13-3-4-27-10-13/h1-7,10H,9H2,(H,25,26). The van der Waals surface area contributed by atoms with Gasteiger partial charge in [0.2, 0.25) is 0 Å². The Morgan fingerprint density at radius 1 is 1.19 bits per heavy atom. The van der Waals surface area contributed by atoms with Crippen LogP contribution in [0.5, 0.6) is 0 Å². The third kappa shape index (κ3) is 2.98. The van der Waals surface area contributed by atoms with E-state index in [2.05, 4.69) is 10.3 Å². The maximum atomic E-state index is 14.0. The van der Waals surface area contributed by atoms with Crippen LogP contribution in [0.3, 0.4) is 0 Å². The number of hydrogen-bond acceptors (Lipinski definition) is 4. The van der Waals surface area contributed by atoms with E-state index in [0.717, 1.165) is 34.5 Å². The van der Waals surface area contributed by atoms with Crippen LogP contribution < -0.4 is 5.32 Å². The second-order valence-electron chi connectivity index (χ2n) is 5.93. The molecule has 1 aromatic heterocycles. The largest absolute Gasteiger partial charge is 0.472 e. The Morgan fingerprint density at radius 2 is 1.96 bits per heavy atom. The molecular formula is C20H11F2N3O2. The van der Waals surface area contributed by atoms with Crippen LogP contribution in [0.1, 0.15) is 32.6 Å². The quantitative estimate of drug-likeness (QED) is 0.763. The molecule has 0 aliphatic carbocycles. The first kappa shape index (κ1) is 16.7. The fraction of sp³-hybridized carbons (Fsp3) is 0.0500. The van der Waals surface area contributed by atoms with Crippen molar-refractivity contribution in [2.75, 3.05) is 5.32 Å². The Balaban J connectivity index is 1.64. The fourth-order valence-electron chi connectivity index (χ4n) is 2.96. The molecule has 2 heterocycles. The number of amides is 1. The van der Waals surface area contributed by atoms with Crippen molar-refractivity contribution in [3.8, 4) is 6.07 Å². The lowest BCUT2D eigenvalue weighted by Gasteiger charge is -2.10. The van der Waals surface area contributed by atoms with Crippen LogP contribution in [0.4, 0.5) is 14.5 Å². The van der Waals surface area contributed by atoms with Crippen molar-refractivity contribution in [2.45, 2.75) is 6.54 Å². The number of furan rings is 1. The lowest BCUT2D eigenvalue weighted by atomic mass is 10.0. The van der Waals surface area contributed by atoms with Gasteiger partial charge in [-0.2, -0.15) is 5.26 Å². The summed E-state index contributed by atoms with van der Waals surface area (Å²) in [6, 6.07) is 10.2. The lowest BCUT2D eigenvalue weighted by Crippen LogP contribution is -2.16. The molecule has 5 nitrogen and oxygen atoms in total. The van der Waals surface area contributed by atoms with E-state index < -0.39 is 23.1 Å². The van der Waals surface area contributed by atoms with Crippen molar-refractivity contribution in [1.29, 1.82) is 5.26 Å². The number of anilines is 1. The summed E-state index contributed by atoms with van der Waals surface area (Å²) in [5.74, 6) is -3.12. The first-order chi connectivity index (χ1) is 13.1.